The van der Waals surface area contributed by atoms with Crippen molar-refractivity contribution in [2.45, 2.75) is 32.4 Å². The first-order valence-electron chi connectivity index (χ1n) is 10.9. The van der Waals surface area contributed by atoms with Crippen LogP contribution in [0.5, 0.6) is 5.75 Å². The quantitative estimate of drug-likeness (QED) is 0.371. The first kappa shape index (κ1) is 24.2. The molecule has 1 atom stereocenters. The summed E-state index contributed by atoms with van der Waals surface area (Å²) < 4.78 is 5.58. The third kappa shape index (κ3) is 5.58. The second-order valence-corrected chi connectivity index (χ2v) is 9.61. The third-order valence-corrected chi connectivity index (χ3v) is 6.83. The Morgan fingerprint density at radius 1 is 1.15 bits per heavy atom. The predicted octanol–water partition coefficient (Wildman–Crippen LogP) is 5.72. The first-order valence-corrected chi connectivity index (χ1v) is 12.6. The molecule has 1 aliphatic rings. The summed E-state index contributed by atoms with van der Waals surface area (Å²) >= 11 is 13.3. The Hall–Kier alpha value is -2.94. The van der Waals surface area contributed by atoms with Gasteiger partial charge in [0.2, 0.25) is 5.91 Å². The van der Waals surface area contributed by atoms with E-state index < -0.39 is 6.04 Å². The van der Waals surface area contributed by atoms with E-state index in [1.165, 1.54) is 4.90 Å². The number of ether oxygens (including phenoxy) is 1. The van der Waals surface area contributed by atoms with E-state index in [0.717, 1.165) is 17.0 Å². The molecule has 0 spiro atoms. The van der Waals surface area contributed by atoms with Crippen molar-refractivity contribution in [1.82, 2.24) is 4.90 Å². The SMILES string of the molecule is CCCOc1ccc(NC(=O)CC2C(=O)N(c3ccc(Cl)cc3)C(=S)N2Cc2cccs2)cc1. The van der Waals surface area contributed by atoms with Crippen molar-refractivity contribution in [2.75, 3.05) is 16.8 Å². The zero-order chi connectivity index (χ0) is 24.1. The van der Waals surface area contributed by atoms with Gasteiger partial charge in [0, 0.05) is 15.6 Å². The molecule has 1 aliphatic heterocycles. The number of anilines is 2. The molecule has 1 unspecified atom stereocenters. The lowest BCUT2D eigenvalue weighted by Crippen LogP contribution is -2.37. The molecule has 2 heterocycles. The van der Waals surface area contributed by atoms with Gasteiger partial charge < -0.3 is 15.0 Å². The van der Waals surface area contributed by atoms with Gasteiger partial charge in [-0.2, -0.15) is 0 Å². The van der Waals surface area contributed by atoms with Crippen molar-refractivity contribution in [1.29, 1.82) is 0 Å². The maximum atomic E-state index is 13.4. The van der Waals surface area contributed by atoms with Crippen molar-refractivity contribution in [3.8, 4) is 5.75 Å². The van der Waals surface area contributed by atoms with E-state index >= 15 is 0 Å². The number of carbonyl (C=O) groups excluding carboxylic acids is 2. The van der Waals surface area contributed by atoms with Crippen LogP contribution in [-0.4, -0.2) is 34.5 Å². The van der Waals surface area contributed by atoms with Gasteiger partial charge in [0.05, 0.1) is 25.3 Å². The Morgan fingerprint density at radius 2 is 1.88 bits per heavy atom. The summed E-state index contributed by atoms with van der Waals surface area (Å²) in [6.45, 7) is 3.13. The molecule has 0 bridgehead atoms. The van der Waals surface area contributed by atoms with E-state index in [4.69, 9.17) is 28.6 Å². The molecule has 1 N–H and O–H groups in total. The highest BCUT2D eigenvalue weighted by Gasteiger charge is 2.44. The predicted molar refractivity (Wildman–Crippen MR) is 141 cm³/mol. The summed E-state index contributed by atoms with van der Waals surface area (Å²) in [5.41, 5.74) is 1.27. The molecule has 1 fully saturated rings. The Morgan fingerprint density at radius 3 is 2.53 bits per heavy atom. The minimum Gasteiger partial charge on any atom is -0.494 e. The second-order valence-electron chi connectivity index (χ2n) is 7.78. The van der Waals surface area contributed by atoms with Crippen molar-refractivity contribution >= 4 is 63.5 Å². The number of thiophene rings is 1. The van der Waals surface area contributed by atoms with Crippen LogP contribution in [0.1, 0.15) is 24.6 Å². The van der Waals surface area contributed by atoms with E-state index in [1.54, 1.807) is 47.7 Å². The highest BCUT2D eigenvalue weighted by molar-refractivity contribution is 7.80. The van der Waals surface area contributed by atoms with Crippen LogP contribution in [0, 0.1) is 0 Å². The van der Waals surface area contributed by atoms with E-state index in [2.05, 4.69) is 5.32 Å². The number of hydrogen-bond donors (Lipinski definition) is 1. The fraction of sp³-hybridized carbons (Fsp3) is 0.240. The summed E-state index contributed by atoms with van der Waals surface area (Å²) in [4.78, 5) is 30.7. The van der Waals surface area contributed by atoms with Crippen molar-refractivity contribution in [3.63, 3.8) is 0 Å². The van der Waals surface area contributed by atoms with Gasteiger partial charge in [-0.05, 0) is 78.6 Å². The first-order chi connectivity index (χ1) is 16.5. The number of benzene rings is 2. The molecule has 0 aliphatic carbocycles. The molecule has 2 aromatic carbocycles. The largest absolute Gasteiger partial charge is 0.494 e. The smallest absolute Gasteiger partial charge is 0.256 e. The lowest BCUT2D eigenvalue weighted by Gasteiger charge is -2.23. The Labute approximate surface area is 213 Å². The molecule has 6 nitrogen and oxygen atoms in total. The lowest BCUT2D eigenvalue weighted by atomic mass is 10.1. The Kier molecular flexibility index (Phi) is 7.82. The number of rotatable bonds is 9. The van der Waals surface area contributed by atoms with Crippen LogP contribution in [0.15, 0.2) is 66.0 Å². The molecule has 1 aromatic heterocycles. The van der Waals surface area contributed by atoms with Crippen molar-refractivity contribution < 1.29 is 14.3 Å². The molecular formula is C25H24ClN3O3S2. The minimum absolute atomic E-state index is 0.0253. The number of nitrogens with zero attached hydrogens (tertiary/aromatic N) is 2. The summed E-state index contributed by atoms with van der Waals surface area (Å²) in [6.07, 6.45) is 0.896. The van der Waals surface area contributed by atoms with Crippen molar-refractivity contribution in [3.05, 3.63) is 75.9 Å². The summed E-state index contributed by atoms with van der Waals surface area (Å²) in [5.74, 6) is 0.247. The number of hydrogen-bond acceptors (Lipinski definition) is 5. The van der Waals surface area contributed by atoms with Crippen LogP contribution in [0.3, 0.4) is 0 Å². The van der Waals surface area contributed by atoms with E-state index in [0.29, 0.717) is 34.7 Å². The van der Waals surface area contributed by atoms with Gasteiger partial charge in [-0.15, -0.1) is 11.3 Å². The number of amides is 2. The summed E-state index contributed by atoms with van der Waals surface area (Å²) in [6, 6.07) is 17.3. The van der Waals surface area contributed by atoms with Gasteiger partial charge in [0.15, 0.2) is 5.11 Å². The summed E-state index contributed by atoms with van der Waals surface area (Å²) in [7, 11) is 0. The standard InChI is InChI=1S/C25H24ClN3O3S2/c1-2-13-32-20-11-7-18(8-12-20)27-23(30)15-22-24(31)29(19-9-5-17(26)6-10-19)25(33)28(22)16-21-4-3-14-34-21/h3-12,14,22H,2,13,15-16H2,1H3,(H,27,30). The highest BCUT2D eigenvalue weighted by Crippen LogP contribution is 2.30. The monoisotopic (exact) mass is 513 g/mol. The molecule has 34 heavy (non-hydrogen) atoms. The zero-order valence-corrected chi connectivity index (χ0v) is 21.0. The van der Waals surface area contributed by atoms with Crippen LogP contribution in [0.25, 0.3) is 0 Å². The molecule has 9 heteroatoms. The van der Waals surface area contributed by atoms with Crippen LogP contribution >= 0.6 is 35.2 Å². The van der Waals surface area contributed by atoms with Gasteiger partial charge in [-0.1, -0.05) is 24.6 Å². The van der Waals surface area contributed by atoms with Gasteiger partial charge in [0.25, 0.3) is 5.91 Å². The number of halogens is 1. The van der Waals surface area contributed by atoms with E-state index in [-0.39, 0.29) is 18.2 Å². The number of thiocarbonyl (C=S) groups is 1. The zero-order valence-electron chi connectivity index (χ0n) is 18.6. The highest BCUT2D eigenvalue weighted by atomic mass is 35.5. The second kappa shape index (κ2) is 11.0. The van der Waals surface area contributed by atoms with Gasteiger partial charge >= 0.3 is 0 Å². The molecule has 3 aromatic rings. The molecule has 176 valence electrons. The average Bonchev–Trinajstić information content (AvgIpc) is 3.42. The van der Waals surface area contributed by atoms with E-state index in [1.807, 2.05) is 41.5 Å². The molecular weight excluding hydrogens is 490 g/mol. The number of carbonyl (C=O) groups is 2. The minimum atomic E-state index is -0.711. The molecule has 2 amide bonds. The molecule has 1 saturated heterocycles. The lowest BCUT2D eigenvalue weighted by molar-refractivity contribution is -0.124. The normalized spacial score (nSPS) is 15.6. The van der Waals surface area contributed by atoms with Gasteiger partial charge in [0.1, 0.15) is 11.8 Å². The van der Waals surface area contributed by atoms with Crippen LogP contribution in [-0.2, 0) is 16.1 Å². The van der Waals surface area contributed by atoms with Gasteiger partial charge in [-0.25, -0.2) is 0 Å². The van der Waals surface area contributed by atoms with Gasteiger partial charge in [-0.3, -0.25) is 14.5 Å². The number of nitrogens with one attached hydrogen (secondary N) is 1. The van der Waals surface area contributed by atoms with Crippen LogP contribution in [0.4, 0.5) is 11.4 Å². The summed E-state index contributed by atoms with van der Waals surface area (Å²) in [5, 5.41) is 5.79. The van der Waals surface area contributed by atoms with Crippen LogP contribution in [0.2, 0.25) is 5.02 Å². The Balaban J connectivity index is 1.51. The Bertz CT molecular complexity index is 1150. The molecule has 0 radical (unpaired) electrons. The average molecular weight is 514 g/mol. The third-order valence-electron chi connectivity index (χ3n) is 5.30. The van der Waals surface area contributed by atoms with Crippen LogP contribution < -0.4 is 15.0 Å². The maximum absolute atomic E-state index is 13.4. The van der Waals surface area contributed by atoms with Crippen molar-refractivity contribution in [2.24, 2.45) is 0 Å². The fourth-order valence-corrected chi connectivity index (χ4v) is 4.87. The molecule has 4 rings (SSSR count). The fourth-order valence-electron chi connectivity index (χ4n) is 3.65. The van der Waals surface area contributed by atoms with E-state index in [9.17, 15) is 9.59 Å². The molecule has 0 saturated carbocycles. The topological polar surface area (TPSA) is 61.9 Å². The maximum Gasteiger partial charge on any atom is 0.256 e.